The molecule has 2 atom stereocenters. The van der Waals surface area contributed by atoms with Crippen molar-refractivity contribution < 1.29 is 0 Å². The van der Waals surface area contributed by atoms with Gasteiger partial charge in [-0.2, -0.15) is 0 Å². The van der Waals surface area contributed by atoms with Crippen LogP contribution >= 0.6 is 0 Å². The molecule has 0 nitrogen and oxygen atoms in total. The first-order valence-electron chi connectivity index (χ1n) is 7.46. The van der Waals surface area contributed by atoms with Crippen LogP contribution in [0.4, 0.5) is 0 Å². The smallest absolute Gasteiger partial charge is 0.0131 e. The molecule has 2 aliphatic carbocycles. The van der Waals surface area contributed by atoms with Crippen molar-refractivity contribution in [3.8, 4) is 0 Å². The van der Waals surface area contributed by atoms with Crippen molar-refractivity contribution in [3.05, 3.63) is 95.6 Å². The van der Waals surface area contributed by atoms with Crippen LogP contribution in [0.3, 0.4) is 0 Å². The standard InChI is InChI=1S/C21H20/c1-3-9-18-16(4-2)11-7-14-20(18)21-15-8-12-17-10-5-6-13-19(17)21/h3-15,19,21H,2H2,1H3/b9-3-. The fourth-order valence-electron chi connectivity index (χ4n) is 3.20. The highest BCUT2D eigenvalue weighted by atomic mass is 14.3. The van der Waals surface area contributed by atoms with Crippen LogP contribution in [0.25, 0.3) is 12.2 Å². The van der Waals surface area contributed by atoms with Gasteiger partial charge >= 0.3 is 0 Å². The molecule has 0 saturated carbocycles. The van der Waals surface area contributed by atoms with Crippen molar-refractivity contribution in [2.75, 3.05) is 0 Å². The normalized spacial score (nSPS) is 23.2. The lowest BCUT2D eigenvalue weighted by atomic mass is 9.74. The lowest BCUT2D eigenvalue weighted by molar-refractivity contribution is 0.669. The van der Waals surface area contributed by atoms with Gasteiger partial charge in [0.05, 0.1) is 0 Å². The van der Waals surface area contributed by atoms with Gasteiger partial charge in [0.1, 0.15) is 0 Å². The Bertz CT molecular complexity index is 693. The Balaban J connectivity index is 2.11. The summed E-state index contributed by atoms with van der Waals surface area (Å²) in [4.78, 5) is 0. The average Bonchev–Trinajstić information content (AvgIpc) is 2.55. The number of fused-ring (bicyclic) bond motifs is 1. The average molecular weight is 272 g/mol. The second kappa shape index (κ2) is 5.97. The van der Waals surface area contributed by atoms with E-state index in [1.54, 1.807) is 0 Å². The molecule has 0 aliphatic heterocycles. The van der Waals surface area contributed by atoms with Crippen LogP contribution in [0, 0.1) is 5.92 Å². The van der Waals surface area contributed by atoms with Crippen LogP contribution < -0.4 is 0 Å². The number of rotatable bonds is 3. The van der Waals surface area contributed by atoms with Gasteiger partial charge < -0.3 is 0 Å². The largest absolute Gasteiger partial charge is 0.0984 e. The Labute approximate surface area is 127 Å². The van der Waals surface area contributed by atoms with E-state index < -0.39 is 0 Å². The summed E-state index contributed by atoms with van der Waals surface area (Å²) < 4.78 is 0. The Morgan fingerprint density at radius 2 is 1.90 bits per heavy atom. The van der Waals surface area contributed by atoms with E-state index in [-0.39, 0.29) is 0 Å². The molecule has 104 valence electrons. The van der Waals surface area contributed by atoms with Gasteiger partial charge in [0.15, 0.2) is 0 Å². The third kappa shape index (κ3) is 2.50. The molecule has 0 heterocycles. The maximum Gasteiger partial charge on any atom is 0.0131 e. The van der Waals surface area contributed by atoms with Gasteiger partial charge in [-0.3, -0.25) is 0 Å². The van der Waals surface area contributed by atoms with Crippen LogP contribution in [-0.4, -0.2) is 0 Å². The van der Waals surface area contributed by atoms with Gasteiger partial charge in [-0.05, 0) is 29.2 Å². The van der Waals surface area contributed by atoms with Gasteiger partial charge in [0.25, 0.3) is 0 Å². The molecule has 2 unspecified atom stereocenters. The van der Waals surface area contributed by atoms with Gasteiger partial charge in [-0.1, -0.05) is 85.5 Å². The summed E-state index contributed by atoms with van der Waals surface area (Å²) in [7, 11) is 0. The zero-order valence-electron chi connectivity index (χ0n) is 12.4. The van der Waals surface area contributed by atoms with E-state index in [0.29, 0.717) is 11.8 Å². The Morgan fingerprint density at radius 3 is 2.71 bits per heavy atom. The summed E-state index contributed by atoms with van der Waals surface area (Å²) in [5, 5.41) is 0. The zero-order valence-corrected chi connectivity index (χ0v) is 12.4. The van der Waals surface area contributed by atoms with Crippen LogP contribution in [-0.2, 0) is 0 Å². The fourth-order valence-corrected chi connectivity index (χ4v) is 3.20. The molecular formula is C21H20. The lowest BCUT2D eigenvalue weighted by Gasteiger charge is -2.29. The summed E-state index contributed by atoms with van der Waals surface area (Å²) in [6, 6.07) is 6.51. The molecule has 3 rings (SSSR count). The minimum absolute atomic E-state index is 0.386. The van der Waals surface area contributed by atoms with Crippen molar-refractivity contribution in [3.63, 3.8) is 0 Å². The number of hydrogen-bond donors (Lipinski definition) is 0. The Hall–Kier alpha value is -2.34. The molecule has 1 aromatic rings. The molecule has 0 spiro atoms. The quantitative estimate of drug-likeness (QED) is 0.663. The fraction of sp³-hybridized carbons (Fsp3) is 0.143. The van der Waals surface area contributed by atoms with Crippen LogP contribution in [0.1, 0.15) is 29.5 Å². The topological polar surface area (TPSA) is 0 Å². The Morgan fingerprint density at radius 1 is 1.05 bits per heavy atom. The van der Waals surface area contributed by atoms with E-state index in [2.05, 4.69) is 86.4 Å². The molecule has 0 bridgehead atoms. The summed E-state index contributed by atoms with van der Waals surface area (Å²) >= 11 is 0. The molecule has 0 aromatic heterocycles. The predicted octanol–water partition coefficient (Wildman–Crippen LogP) is 5.68. The number of benzene rings is 1. The lowest BCUT2D eigenvalue weighted by Crippen LogP contribution is -2.16. The summed E-state index contributed by atoms with van der Waals surface area (Å²) in [6.45, 7) is 6.02. The molecule has 2 aliphatic rings. The van der Waals surface area contributed by atoms with Crippen molar-refractivity contribution in [1.82, 2.24) is 0 Å². The summed E-state index contributed by atoms with van der Waals surface area (Å²) in [5.41, 5.74) is 5.25. The maximum atomic E-state index is 3.95. The van der Waals surface area contributed by atoms with E-state index in [1.165, 1.54) is 22.3 Å². The highest BCUT2D eigenvalue weighted by Gasteiger charge is 2.26. The first kappa shape index (κ1) is 13.6. The molecule has 1 aromatic carbocycles. The first-order valence-corrected chi connectivity index (χ1v) is 7.46. The number of allylic oxidation sites excluding steroid dienone is 9. The second-order valence-corrected chi connectivity index (χ2v) is 5.40. The minimum Gasteiger partial charge on any atom is -0.0984 e. The van der Waals surface area contributed by atoms with E-state index in [4.69, 9.17) is 0 Å². The minimum atomic E-state index is 0.386. The summed E-state index contributed by atoms with van der Waals surface area (Å²) in [5.74, 6) is 0.821. The SMILES string of the molecule is C=Cc1cccc(C2C=CC=C3C=CC=CC32)c1/C=C\C. The molecule has 0 fully saturated rings. The third-order valence-electron chi connectivity index (χ3n) is 4.18. The molecule has 0 heteroatoms. The molecular weight excluding hydrogens is 252 g/mol. The highest BCUT2D eigenvalue weighted by Crippen LogP contribution is 2.40. The van der Waals surface area contributed by atoms with Crippen molar-refractivity contribution >= 4 is 12.2 Å². The molecule has 0 saturated heterocycles. The van der Waals surface area contributed by atoms with Crippen LogP contribution in [0.15, 0.2) is 79.0 Å². The van der Waals surface area contributed by atoms with E-state index in [0.717, 1.165) is 0 Å². The van der Waals surface area contributed by atoms with Gasteiger partial charge in [0.2, 0.25) is 0 Å². The Kier molecular flexibility index (Phi) is 3.87. The van der Waals surface area contributed by atoms with E-state index in [1.807, 2.05) is 6.08 Å². The number of hydrogen-bond acceptors (Lipinski definition) is 0. The second-order valence-electron chi connectivity index (χ2n) is 5.40. The van der Waals surface area contributed by atoms with Crippen molar-refractivity contribution in [2.45, 2.75) is 12.8 Å². The predicted molar refractivity (Wildman–Crippen MR) is 93.0 cm³/mol. The summed E-state index contributed by atoms with van der Waals surface area (Å²) in [6.07, 6.45) is 21.7. The van der Waals surface area contributed by atoms with Crippen LogP contribution in [0.5, 0.6) is 0 Å². The zero-order chi connectivity index (χ0) is 14.7. The van der Waals surface area contributed by atoms with E-state index in [9.17, 15) is 0 Å². The van der Waals surface area contributed by atoms with Gasteiger partial charge in [0, 0.05) is 11.8 Å². The molecule has 21 heavy (non-hydrogen) atoms. The molecule has 0 amide bonds. The highest BCUT2D eigenvalue weighted by molar-refractivity contribution is 5.68. The van der Waals surface area contributed by atoms with E-state index >= 15 is 0 Å². The van der Waals surface area contributed by atoms with Crippen molar-refractivity contribution in [2.24, 2.45) is 5.92 Å². The molecule has 0 radical (unpaired) electrons. The molecule has 0 N–H and O–H groups in total. The monoisotopic (exact) mass is 272 g/mol. The third-order valence-corrected chi connectivity index (χ3v) is 4.18. The van der Waals surface area contributed by atoms with Gasteiger partial charge in [-0.15, -0.1) is 0 Å². The first-order chi connectivity index (χ1) is 10.3. The van der Waals surface area contributed by atoms with Gasteiger partial charge in [-0.25, -0.2) is 0 Å². The van der Waals surface area contributed by atoms with Crippen LogP contribution in [0.2, 0.25) is 0 Å². The van der Waals surface area contributed by atoms with Crippen molar-refractivity contribution in [1.29, 1.82) is 0 Å². The maximum absolute atomic E-state index is 3.95.